The smallest absolute Gasteiger partial charge is 0.224 e. The largest absolute Gasteiger partial charge is 0.327 e. The maximum absolute atomic E-state index is 12.0. The molecule has 0 aliphatic heterocycles. The van der Waals surface area contributed by atoms with Crippen molar-refractivity contribution in [1.29, 1.82) is 0 Å². The number of nitrogens with two attached hydrogens (primary N) is 1. The van der Waals surface area contributed by atoms with Crippen LogP contribution in [0.3, 0.4) is 0 Å². The third-order valence-electron chi connectivity index (χ3n) is 4.00. The molecule has 1 aromatic rings. The summed E-state index contributed by atoms with van der Waals surface area (Å²) in [5, 5.41) is 2.97. The van der Waals surface area contributed by atoms with Crippen molar-refractivity contribution in [2.45, 2.75) is 38.1 Å². The van der Waals surface area contributed by atoms with E-state index in [9.17, 15) is 4.79 Å². The van der Waals surface area contributed by atoms with Crippen LogP contribution in [0.5, 0.6) is 0 Å². The molecular formula is C16H24N2OS. The fourth-order valence-electron chi connectivity index (χ4n) is 2.74. The highest BCUT2D eigenvalue weighted by atomic mass is 32.2. The van der Waals surface area contributed by atoms with Gasteiger partial charge >= 0.3 is 0 Å². The van der Waals surface area contributed by atoms with Gasteiger partial charge in [0.25, 0.3) is 0 Å². The van der Waals surface area contributed by atoms with Crippen molar-refractivity contribution >= 4 is 23.4 Å². The second-order valence-electron chi connectivity index (χ2n) is 5.55. The molecule has 0 saturated heterocycles. The number of carbonyl (C=O) groups excluding carboxylic acids is 1. The number of carbonyl (C=O) groups is 1. The molecular weight excluding hydrogens is 268 g/mol. The van der Waals surface area contributed by atoms with Gasteiger partial charge in [0.2, 0.25) is 5.91 Å². The number of rotatable bonds is 6. The van der Waals surface area contributed by atoms with E-state index in [2.05, 4.69) is 23.7 Å². The Hall–Kier alpha value is -1.00. The Morgan fingerprint density at radius 2 is 2.10 bits per heavy atom. The molecule has 4 heteroatoms. The number of benzene rings is 1. The molecule has 1 amide bonds. The molecule has 1 saturated carbocycles. The monoisotopic (exact) mass is 292 g/mol. The minimum atomic E-state index is 0.0872. The van der Waals surface area contributed by atoms with Crippen LogP contribution in [0.1, 0.15) is 31.2 Å². The Labute approximate surface area is 125 Å². The van der Waals surface area contributed by atoms with Crippen LogP contribution >= 0.6 is 11.8 Å². The molecule has 0 heterocycles. The third kappa shape index (κ3) is 4.53. The van der Waals surface area contributed by atoms with E-state index < -0.39 is 0 Å². The fraction of sp³-hybridized carbons (Fsp3) is 0.562. The van der Waals surface area contributed by atoms with E-state index in [1.807, 2.05) is 23.9 Å². The number of hydrogen-bond donors (Lipinski definition) is 2. The van der Waals surface area contributed by atoms with Gasteiger partial charge < -0.3 is 11.1 Å². The molecule has 1 fully saturated rings. The molecule has 3 nitrogen and oxygen atoms in total. The van der Waals surface area contributed by atoms with Crippen molar-refractivity contribution in [2.24, 2.45) is 11.7 Å². The maximum atomic E-state index is 12.0. The minimum Gasteiger partial charge on any atom is -0.327 e. The number of aryl methyl sites for hydroxylation is 1. The third-order valence-corrected chi connectivity index (χ3v) is 4.61. The SMILES string of the molecule is CSCCc1ccc(NC(=O)C[C@@H]2CCC[C@H]2N)cc1. The van der Waals surface area contributed by atoms with E-state index in [0.717, 1.165) is 37.1 Å². The summed E-state index contributed by atoms with van der Waals surface area (Å²) in [5.41, 5.74) is 8.20. The Kier molecular flexibility index (Phi) is 5.92. The van der Waals surface area contributed by atoms with Gasteiger partial charge in [-0.25, -0.2) is 0 Å². The molecule has 0 unspecified atom stereocenters. The normalized spacial score (nSPS) is 21.9. The van der Waals surface area contributed by atoms with Gasteiger partial charge in [-0.1, -0.05) is 18.6 Å². The predicted octanol–water partition coefficient (Wildman–Crippen LogP) is 3.05. The van der Waals surface area contributed by atoms with Crippen LogP contribution in [0.2, 0.25) is 0 Å². The summed E-state index contributed by atoms with van der Waals surface area (Å²) in [6.45, 7) is 0. The van der Waals surface area contributed by atoms with Gasteiger partial charge in [-0.15, -0.1) is 0 Å². The zero-order valence-corrected chi connectivity index (χ0v) is 12.9. The van der Waals surface area contributed by atoms with Crippen LogP contribution in [0.4, 0.5) is 5.69 Å². The highest BCUT2D eigenvalue weighted by Crippen LogP contribution is 2.27. The standard InChI is InChI=1S/C16H24N2OS/c1-20-10-9-12-5-7-14(8-6-12)18-16(19)11-13-3-2-4-15(13)17/h5-8,13,15H,2-4,9-11,17H2,1H3,(H,18,19)/t13-,15+/m0/s1. The molecule has 110 valence electrons. The van der Waals surface area contributed by atoms with Crippen LogP contribution < -0.4 is 11.1 Å². The lowest BCUT2D eigenvalue weighted by atomic mass is 10.00. The Morgan fingerprint density at radius 3 is 2.70 bits per heavy atom. The molecule has 1 aliphatic rings. The van der Waals surface area contributed by atoms with E-state index in [-0.39, 0.29) is 11.9 Å². The van der Waals surface area contributed by atoms with E-state index in [1.54, 1.807) is 0 Å². The highest BCUT2D eigenvalue weighted by Gasteiger charge is 2.25. The lowest BCUT2D eigenvalue weighted by Crippen LogP contribution is -2.28. The van der Waals surface area contributed by atoms with E-state index in [4.69, 9.17) is 5.73 Å². The molecule has 3 N–H and O–H groups in total. The molecule has 2 rings (SSSR count). The summed E-state index contributed by atoms with van der Waals surface area (Å²) >= 11 is 1.85. The summed E-state index contributed by atoms with van der Waals surface area (Å²) in [5.74, 6) is 1.57. The van der Waals surface area contributed by atoms with Crippen molar-refractivity contribution < 1.29 is 4.79 Å². The van der Waals surface area contributed by atoms with Crippen LogP contribution in [0.25, 0.3) is 0 Å². The number of thioether (sulfide) groups is 1. The van der Waals surface area contributed by atoms with Crippen molar-refractivity contribution in [3.63, 3.8) is 0 Å². The number of amides is 1. The first kappa shape index (κ1) is 15.4. The van der Waals surface area contributed by atoms with Crippen molar-refractivity contribution in [3.8, 4) is 0 Å². The second-order valence-corrected chi connectivity index (χ2v) is 6.53. The van der Waals surface area contributed by atoms with E-state index >= 15 is 0 Å². The van der Waals surface area contributed by atoms with Crippen LogP contribution in [-0.4, -0.2) is 24.0 Å². The first-order valence-corrected chi connectivity index (χ1v) is 8.71. The Morgan fingerprint density at radius 1 is 1.35 bits per heavy atom. The molecule has 1 aliphatic carbocycles. The molecule has 0 bridgehead atoms. The van der Waals surface area contributed by atoms with Crippen molar-refractivity contribution in [3.05, 3.63) is 29.8 Å². The van der Waals surface area contributed by atoms with Gasteiger partial charge in [0.15, 0.2) is 0 Å². The topological polar surface area (TPSA) is 55.1 Å². The first-order valence-electron chi connectivity index (χ1n) is 7.32. The Bertz CT molecular complexity index is 433. The highest BCUT2D eigenvalue weighted by molar-refractivity contribution is 7.98. The maximum Gasteiger partial charge on any atom is 0.224 e. The minimum absolute atomic E-state index is 0.0872. The summed E-state index contributed by atoms with van der Waals surface area (Å²) in [6, 6.07) is 8.36. The molecule has 0 aromatic heterocycles. The van der Waals surface area contributed by atoms with Crippen LogP contribution in [-0.2, 0) is 11.2 Å². The number of hydrogen-bond acceptors (Lipinski definition) is 3. The summed E-state index contributed by atoms with van der Waals surface area (Å²) in [7, 11) is 0. The summed E-state index contributed by atoms with van der Waals surface area (Å²) < 4.78 is 0. The van der Waals surface area contributed by atoms with Crippen LogP contribution in [0, 0.1) is 5.92 Å². The lowest BCUT2D eigenvalue weighted by molar-refractivity contribution is -0.117. The van der Waals surface area contributed by atoms with Gasteiger partial charge in [-0.2, -0.15) is 11.8 Å². The van der Waals surface area contributed by atoms with E-state index in [0.29, 0.717) is 12.3 Å². The average molecular weight is 292 g/mol. The van der Waals surface area contributed by atoms with Gasteiger partial charge in [-0.05, 0) is 54.9 Å². The fourth-order valence-corrected chi connectivity index (χ4v) is 3.18. The number of anilines is 1. The predicted molar refractivity (Wildman–Crippen MR) is 87.1 cm³/mol. The summed E-state index contributed by atoms with van der Waals surface area (Å²) in [6.07, 6.45) is 7.04. The average Bonchev–Trinajstić information content (AvgIpc) is 2.83. The molecule has 0 spiro atoms. The van der Waals surface area contributed by atoms with Gasteiger partial charge in [0.05, 0.1) is 0 Å². The lowest BCUT2D eigenvalue weighted by Gasteiger charge is -2.14. The van der Waals surface area contributed by atoms with Gasteiger partial charge in [0, 0.05) is 18.2 Å². The molecule has 20 heavy (non-hydrogen) atoms. The van der Waals surface area contributed by atoms with Crippen LogP contribution in [0.15, 0.2) is 24.3 Å². The summed E-state index contributed by atoms with van der Waals surface area (Å²) in [4.78, 5) is 12.0. The van der Waals surface area contributed by atoms with Gasteiger partial charge in [-0.3, -0.25) is 4.79 Å². The quantitative estimate of drug-likeness (QED) is 0.847. The second kappa shape index (κ2) is 7.70. The van der Waals surface area contributed by atoms with Crippen molar-refractivity contribution in [1.82, 2.24) is 0 Å². The first-order chi connectivity index (χ1) is 9.69. The van der Waals surface area contributed by atoms with Gasteiger partial charge in [0.1, 0.15) is 0 Å². The number of nitrogens with one attached hydrogen (secondary N) is 1. The Balaban J connectivity index is 1.81. The molecule has 2 atom stereocenters. The molecule has 0 radical (unpaired) electrons. The van der Waals surface area contributed by atoms with Crippen molar-refractivity contribution in [2.75, 3.05) is 17.3 Å². The molecule has 1 aromatic carbocycles. The zero-order valence-electron chi connectivity index (χ0n) is 12.1. The van der Waals surface area contributed by atoms with E-state index in [1.165, 1.54) is 5.56 Å². The zero-order chi connectivity index (χ0) is 14.4.